The maximum atomic E-state index is 9.41. The molecule has 1 aromatic rings. The van der Waals surface area contributed by atoms with Crippen LogP contribution in [0, 0.1) is 5.92 Å². The molecule has 0 amide bonds. The number of rotatable bonds is 3. The molecular formula is C17H25NO. The number of hydrogen-bond acceptors (Lipinski definition) is 2. The van der Waals surface area contributed by atoms with Crippen molar-refractivity contribution in [1.29, 1.82) is 0 Å². The van der Waals surface area contributed by atoms with E-state index in [9.17, 15) is 5.11 Å². The molecule has 0 aromatic heterocycles. The Kier molecular flexibility index (Phi) is 3.79. The number of likely N-dealkylation sites (tertiary alicyclic amines) is 1. The number of phenols is 1. The third-order valence-corrected chi connectivity index (χ3v) is 5.16. The van der Waals surface area contributed by atoms with Gasteiger partial charge in [-0.15, -0.1) is 0 Å². The Labute approximate surface area is 116 Å². The van der Waals surface area contributed by atoms with Crippen LogP contribution in [0.4, 0.5) is 0 Å². The topological polar surface area (TPSA) is 23.5 Å². The molecule has 1 aromatic carbocycles. The van der Waals surface area contributed by atoms with Gasteiger partial charge in [0.15, 0.2) is 0 Å². The van der Waals surface area contributed by atoms with Crippen LogP contribution in [0.15, 0.2) is 24.3 Å². The van der Waals surface area contributed by atoms with Gasteiger partial charge in [-0.25, -0.2) is 0 Å². The monoisotopic (exact) mass is 259 g/mol. The fourth-order valence-corrected chi connectivity index (χ4v) is 4.09. The van der Waals surface area contributed by atoms with Crippen molar-refractivity contribution in [2.24, 2.45) is 5.92 Å². The molecule has 2 atom stereocenters. The Morgan fingerprint density at radius 2 is 1.74 bits per heavy atom. The van der Waals surface area contributed by atoms with Gasteiger partial charge in [-0.3, -0.25) is 4.90 Å². The zero-order valence-corrected chi connectivity index (χ0v) is 11.9. The van der Waals surface area contributed by atoms with Crippen molar-refractivity contribution in [1.82, 2.24) is 4.90 Å². The van der Waals surface area contributed by atoms with E-state index in [0.717, 1.165) is 12.0 Å². The Morgan fingerprint density at radius 3 is 2.42 bits per heavy atom. The Balaban J connectivity index is 1.74. The highest BCUT2D eigenvalue weighted by atomic mass is 16.3. The number of benzene rings is 1. The second-order valence-corrected chi connectivity index (χ2v) is 6.26. The molecule has 0 radical (unpaired) electrons. The summed E-state index contributed by atoms with van der Waals surface area (Å²) in [6.45, 7) is 3.56. The van der Waals surface area contributed by atoms with Crippen molar-refractivity contribution < 1.29 is 5.11 Å². The average Bonchev–Trinajstić information content (AvgIpc) is 3.09. The molecule has 19 heavy (non-hydrogen) atoms. The fourth-order valence-electron chi connectivity index (χ4n) is 4.09. The van der Waals surface area contributed by atoms with Gasteiger partial charge < -0.3 is 5.11 Å². The summed E-state index contributed by atoms with van der Waals surface area (Å²) in [5.41, 5.74) is 1.34. The predicted octanol–water partition coefficient (Wildman–Crippen LogP) is 4.11. The molecule has 1 saturated heterocycles. The van der Waals surface area contributed by atoms with Gasteiger partial charge >= 0.3 is 0 Å². The van der Waals surface area contributed by atoms with Crippen molar-refractivity contribution in [3.8, 4) is 5.75 Å². The molecule has 2 fully saturated rings. The molecule has 0 spiro atoms. The summed E-state index contributed by atoms with van der Waals surface area (Å²) in [4.78, 5) is 2.71. The number of aromatic hydroxyl groups is 1. The zero-order chi connectivity index (χ0) is 13.2. The van der Waals surface area contributed by atoms with Gasteiger partial charge in [0.05, 0.1) is 0 Å². The lowest BCUT2D eigenvalue weighted by atomic mass is 9.94. The largest absolute Gasteiger partial charge is 0.508 e. The van der Waals surface area contributed by atoms with Crippen molar-refractivity contribution in [3.63, 3.8) is 0 Å². The molecule has 0 bridgehead atoms. The van der Waals surface area contributed by atoms with Crippen molar-refractivity contribution in [3.05, 3.63) is 29.8 Å². The number of hydrogen-bond donors (Lipinski definition) is 1. The van der Waals surface area contributed by atoms with Gasteiger partial charge in [0.2, 0.25) is 0 Å². The van der Waals surface area contributed by atoms with Crippen LogP contribution >= 0.6 is 0 Å². The Morgan fingerprint density at radius 1 is 1.05 bits per heavy atom. The van der Waals surface area contributed by atoms with Gasteiger partial charge in [-0.1, -0.05) is 25.0 Å². The van der Waals surface area contributed by atoms with Crippen molar-refractivity contribution in [2.45, 2.75) is 57.5 Å². The summed E-state index contributed by atoms with van der Waals surface area (Å²) < 4.78 is 0. The zero-order valence-electron chi connectivity index (χ0n) is 11.9. The van der Waals surface area contributed by atoms with Gasteiger partial charge in [-0.05, 0) is 62.8 Å². The molecule has 104 valence electrons. The van der Waals surface area contributed by atoms with E-state index < -0.39 is 0 Å². The maximum absolute atomic E-state index is 9.41. The van der Waals surface area contributed by atoms with E-state index in [1.165, 1.54) is 50.6 Å². The van der Waals surface area contributed by atoms with Crippen LogP contribution < -0.4 is 0 Å². The summed E-state index contributed by atoms with van der Waals surface area (Å²) in [6.07, 6.45) is 8.47. The molecule has 1 saturated carbocycles. The third-order valence-electron chi connectivity index (χ3n) is 5.16. The number of nitrogens with zero attached hydrogens (tertiary/aromatic N) is 1. The first-order valence-electron chi connectivity index (χ1n) is 7.80. The highest BCUT2D eigenvalue weighted by Gasteiger charge is 2.35. The van der Waals surface area contributed by atoms with Gasteiger partial charge in [0, 0.05) is 12.1 Å². The first-order chi connectivity index (χ1) is 9.25. The van der Waals surface area contributed by atoms with Crippen LogP contribution in [0.5, 0.6) is 5.75 Å². The standard InChI is InChI=1S/C17H25NO/c1-13(14-8-10-16(19)11-9-14)18-12-4-7-17(18)15-5-2-3-6-15/h8-11,13,15,17,19H,2-7,12H2,1H3. The summed E-state index contributed by atoms with van der Waals surface area (Å²) in [7, 11) is 0. The molecule has 2 unspecified atom stereocenters. The predicted molar refractivity (Wildman–Crippen MR) is 78.2 cm³/mol. The second-order valence-electron chi connectivity index (χ2n) is 6.26. The average molecular weight is 259 g/mol. The van der Waals surface area contributed by atoms with Gasteiger partial charge in [0.1, 0.15) is 5.75 Å². The first kappa shape index (κ1) is 13.0. The molecule has 3 rings (SSSR count). The summed E-state index contributed by atoms with van der Waals surface area (Å²) in [5.74, 6) is 1.30. The molecule has 2 heteroatoms. The lowest BCUT2D eigenvalue weighted by Crippen LogP contribution is -2.36. The molecule has 1 aliphatic heterocycles. The Bertz CT molecular complexity index is 408. The van der Waals surface area contributed by atoms with Crippen LogP contribution in [-0.2, 0) is 0 Å². The van der Waals surface area contributed by atoms with E-state index in [0.29, 0.717) is 11.8 Å². The molecule has 2 aliphatic rings. The molecular weight excluding hydrogens is 234 g/mol. The van der Waals surface area contributed by atoms with Crippen LogP contribution in [-0.4, -0.2) is 22.6 Å². The van der Waals surface area contributed by atoms with Crippen LogP contribution in [0.25, 0.3) is 0 Å². The maximum Gasteiger partial charge on any atom is 0.115 e. The molecule has 1 N–H and O–H groups in total. The smallest absolute Gasteiger partial charge is 0.115 e. The van der Waals surface area contributed by atoms with E-state index in [2.05, 4.69) is 24.0 Å². The van der Waals surface area contributed by atoms with Crippen molar-refractivity contribution in [2.75, 3.05) is 6.54 Å². The van der Waals surface area contributed by atoms with E-state index in [1.54, 1.807) is 0 Å². The minimum Gasteiger partial charge on any atom is -0.508 e. The molecule has 1 aliphatic carbocycles. The summed E-state index contributed by atoms with van der Waals surface area (Å²) >= 11 is 0. The summed E-state index contributed by atoms with van der Waals surface area (Å²) in [5, 5.41) is 9.41. The van der Waals surface area contributed by atoms with Gasteiger partial charge in [-0.2, -0.15) is 0 Å². The SMILES string of the molecule is CC(c1ccc(O)cc1)N1CCCC1C1CCCC1. The number of phenolic OH excluding ortho intramolecular Hbond substituents is 1. The molecule has 1 heterocycles. The Hall–Kier alpha value is -1.02. The lowest BCUT2D eigenvalue weighted by molar-refractivity contribution is 0.144. The van der Waals surface area contributed by atoms with Crippen LogP contribution in [0.2, 0.25) is 0 Å². The highest BCUT2D eigenvalue weighted by Crippen LogP contribution is 2.39. The van der Waals surface area contributed by atoms with Gasteiger partial charge in [0.25, 0.3) is 0 Å². The van der Waals surface area contributed by atoms with E-state index in [-0.39, 0.29) is 0 Å². The quantitative estimate of drug-likeness (QED) is 0.883. The lowest BCUT2D eigenvalue weighted by Gasteiger charge is -2.34. The van der Waals surface area contributed by atoms with E-state index in [1.807, 2.05) is 12.1 Å². The van der Waals surface area contributed by atoms with Crippen molar-refractivity contribution >= 4 is 0 Å². The van der Waals surface area contributed by atoms with E-state index >= 15 is 0 Å². The first-order valence-corrected chi connectivity index (χ1v) is 7.80. The van der Waals surface area contributed by atoms with Crippen LogP contribution in [0.3, 0.4) is 0 Å². The normalized spacial score (nSPS) is 26.9. The molecule has 2 nitrogen and oxygen atoms in total. The summed E-state index contributed by atoms with van der Waals surface area (Å²) in [6, 6.07) is 9.05. The second kappa shape index (κ2) is 5.54. The minimum absolute atomic E-state index is 0.365. The fraction of sp³-hybridized carbons (Fsp3) is 0.647. The van der Waals surface area contributed by atoms with Crippen LogP contribution in [0.1, 0.15) is 57.1 Å². The highest BCUT2D eigenvalue weighted by molar-refractivity contribution is 5.28. The van der Waals surface area contributed by atoms with E-state index in [4.69, 9.17) is 0 Å². The third kappa shape index (κ3) is 2.64. The minimum atomic E-state index is 0.365.